The number of allylic oxidation sites excluding steroid dienone is 1. The lowest BCUT2D eigenvalue weighted by atomic mass is 10.00. The third-order valence-electron chi connectivity index (χ3n) is 3.21. The van der Waals surface area contributed by atoms with Crippen LogP contribution in [0, 0.1) is 11.3 Å². The first kappa shape index (κ1) is 16.2. The van der Waals surface area contributed by atoms with Crippen LogP contribution in [0.2, 0.25) is 0 Å². The molecule has 2 rings (SSSR count). The van der Waals surface area contributed by atoms with E-state index >= 15 is 0 Å². The van der Waals surface area contributed by atoms with Crippen LogP contribution in [0.3, 0.4) is 0 Å². The Kier molecular flexibility index (Phi) is 5.48. The highest BCUT2D eigenvalue weighted by atomic mass is 16.5. The lowest BCUT2D eigenvalue weighted by molar-refractivity contribution is -0.114. The molecule has 116 valence electrons. The van der Waals surface area contributed by atoms with Crippen molar-refractivity contribution >= 4 is 11.9 Å². The van der Waals surface area contributed by atoms with Crippen LogP contribution in [-0.2, 0) is 4.79 Å². The van der Waals surface area contributed by atoms with E-state index in [1.54, 1.807) is 62.9 Å². The van der Waals surface area contributed by atoms with Gasteiger partial charge in [0, 0.05) is 12.3 Å². The summed E-state index contributed by atoms with van der Waals surface area (Å²) in [6, 6.07) is 12.4. The minimum absolute atomic E-state index is 0.326. The Morgan fingerprint density at radius 1 is 1.22 bits per heavy atom. The van der Waals surface area contributed by atoms with Gasteiger partial charge in [-0.15, -0.1) is 0 Å². The summed E-state index contributed by atoms with van der Waals surface area (Å²) in [6.45, 7) is 0. The minimum Gasteiger partial charge on any atom is -0.497 e. The molecule has 0 radical (unpaired) electrons. The fourth-order valence-corrected chi connectivity index (χ4v) is 2.02. The van der Waals surface area contributed by atoms with Crippen LogP contribution >= 0.6 is 0 Å². The van der Waals surface area contributed by atoms with Crippen LogP contribution in [0.15, 0.2) is 48.7 Å². The average molecular weight is 308 g/mol. The summed E-state index contributed by atoms with van der Waals surface area (Å²) < 4.78 is 10.4. The van der Waals surface area contributed by atoms with Gasteiger partial charge in [0.15, 0.2) is 11.7 Å². The Labute approximate surface area is 134 Å². The molecule has 1 atom stereocenters. The van der Waals surface area contributed by atoms with E-state index < -0.39 is 5.92 Å². The highest BCUT2D eigenvalue weighted by Crippen LogP contribution is 2.23. The van der Waals surface area contributed by atoms with Crippen molar-refractivity contribution in [2.45, 2.75) is 5.92 Å². The number of aromatic nitrogens is 1. The van der Waals surface area contributed by atoms with E-state index in [9.17, 15) is 10.1 Å². The minimum atomic E-state index is -0.917. The van der Waals surface area contributed by atoms with Crippen molar-refractivity contribution in [3.05, 3.63) is 59.9 Å². The molecule has 0 amide bonds. The van der Waals surface area contributed by atoms with E-state index in [4.69, 9.17) is 9.47 Å². The van der Waals surface area contributed by atoms with E-state index in [0.717, 1.165) is 5.56 Å². The molecule has 0 N–H and O–H groups in total. The third-order valence-corrected chi connectivity index (χ3v) is 3.21. The number of methoxy groups -OCH3 is 2. The van der Waals surface area contributed by atoms with Gasteiger partial charge >= 0.3 is 0 Å². The van der Waals surface area contributed by atoms with Crippen molar-refractivity contribution in [1.82, 2.24) is 4.98 Å². The third kappa shape index (κ3) is 4.17. The number of pyridine rings is 1. The fourth-order valence-electron chi connectivity index (χ4n) is 2.02. The second kappa shape index (κ2) is 7.76. The predicted octanol–water partition coefficient (Wildman–Crippen LogP) is 2.99. The van der Waals surface area contributed by atoms with Crippen LogP contribution in [0.1, 0.15) is 17.2 Å². The Morgan fingerprint density at radius 3 is 2.43 bits per heavy atom. The molecule has 2 aromatic rings. The first-order valence-corrected chi connectivity index (χ1v) is 6.93. The van der Waals surface area contributed by atoms with Crippen LogP contribution in [-0.4, -0.2) is 25.0 Å². The molecule has 0 aliphatic rings. The zero-order valence-corrected chi connectivity index (χ0v) is 12.9. The molecule has 0 aliphatic heterocycles. The number of carbonyl (C=O) groups is 1. The Balaban J connectivity index is 2.22. The first-order valence-electron chi connectivity index (χ1n) is 6.93. The van der Waals surface area contributed by atoms with Crippen LogP contribution in [0.5, 0.6) is 11.5 Å². The summed E-state index contributed by atoms with van der Waals surface area (Å²) in [5.74, 6) is 0.00366. The molecule has 0 saturated carbocycles. The summed E-state index contributed by atoms with van der Waals surface area (Å²) in [5.41, 5.74) is 1.18. The summed E-state index contributed by atoms with van der Waals surface area (Å²) >= 11 is 0. The standard InChI is InChI=1S/C18H16N2O3/c1-22-14-9-13(10-15(11-14)23-2)6-7-18(21)16(12-19)17-5-3-4-8-20-17/h3-11,16H,1-2H3/b7-6+/t16-/m1/s1. The van der Waals surface area contributed by atoms with Gasteiger partial charge in [-0.2, -0.15) is 5.26 Å². The number of ether oxygens (including phenoxy) is 2. The van der Waals surface area contributed by atoms with Crippen molar-refractivity contribution in [3.63, 3.8) is 0 Å². The molecule has 1 aromatic heterocycles. The molecule has 23 heavy (non-hydrogen) atoms. The summed E-state index contributed by atoms with van der Waals surface area (Å²) in [5, 5.41) is 9.23. The second-order valence-corrected chi connectivity index (χ2v) is 4.70. The topological polar surface area (TPSA) is 72.2 Å². The van der Waals surface area contributed by atoms with Gasteiger partial charge in [0.2, 0.25) is 0 Å². The summed E-state index contributed by atoms with van der Waals surface area (Å²) in [7, 11) is 3.11. The number of ketones is 1. The maximum absolute atomic E-state index is 12.2. The number of nitrogens with zero attached hydrogens (tertiary/aromatic N) is 2. The molecular weight excluding hydrogens is 292 g/mol. The Hall–Kier alpha value is -3.13. The lowest BCUT2D eigenvalue weighted by Gasteiger charge is -2.06. The van der Waals surface area contributed by atoms with Gasteiger partial charge in [0.25, 0.3) is 0 Å². The number of carbonyl (C=O) groups excluding carboxylic acids is 1. The zero-order valence-electron chi connectivity index (χ0n) is 12.9. The molecule has 1 aromatic carbocycles. The van der Waals surface area contributed by atoms with Crippen LogP contribution < -0.4 is 9.47 Å². The van der Waals surface area contributed by atoms with Gasteiger partial charge < -0.3 is 9.47 Å². The lowest BCUT2D eigenvalue weighted by Crippen LogP contribution is -2.09. The quantitative estimate of drug-likeness (QED) is 0.767. The van der Waals surface area contributed by atoms with Gasteiger partial charge in [-0.1, -0.05) is 12.1 Å². The Bertz CT molecular complexity index is 726. The predicted molar refractivity (Wildman–Crippen MR) is 86.2 cm³/mol. The van der Waals surface area contributed by atoms with Crippen LogP contribution in [0.25, 0.3) is 6.08 Å². The van der Waals surface area contributed by atoms with Crippen molar-refractivity contribution in [2.24, 2.45) is 0 Å². The number of benzene rings is 1. The van der Waals surface area contributed by atoms with Gasteiger partial charge in [0.1, 0.15) is 11.5 Å². The largest absolute Gasteiger partial charge is 0.497 e. The zero-order chi connectivity index (χ0) is 16.7. The monoisotopic (exact) mass is 308 g/mol. The number of rotatable bonds is 6. The van der Waals surface area contributed by atoms with E-state index in [-0.39, 0.29) is 5.78 Å². The maximum atomic E-state index is 12.2. The average Bonchev–Trinajstić information content (AvgIpc) is 2.61. The molecule has 0 bridgehead atoms. The number of hydrogen-bond acceptors (Lipinski definition) is 5. The van der Waals surface area contributed by atoms with E-state index in [0.29, 0.717) is 17.2 Å². The molecule has 5 heteroatoms. The van der Waals surface area contributed by atoms with E-state index in [1.165, 1.54) is 6.08 Å². The summed E-state index contributed by atoms with van der Waals surface area (Å²) in [4.78, 5) is 16.3. The van der Waals surface area contributed by atoms with Crippen molar-refractivity contribution < 1.29 is 14.3 Å². The SMILES string of the molecule is COc1cc(/C=C/C(=O)[C@H](C#N)c2ccccn2)cc(OC)c1. The smallest absolute Gasteiger partial charge is 0.178 e. The molecular formula is C18H16N2O3. The molecule has 0 spiro atoms. The van der Waals surface area contributed by atoms with Gasteiger partial charge in [0.05, 0.1) is 26.0 Å². The normalized spacial score (nSPS) is 11.7. The van der Waals surface area contributed by atoms with E-state index in [1.807, 2.05) is 6.07 Å². The van der Waals surface area contributed by atoms with Crippen molar-refractivity contribution in [3.8, 4) is 17.6 Å². The molecule has 5 nitrogen and oxygen atoms in total. The highest BCUT2D eigenvalue weighted by molar-refractivity contribution is 6.00. The Morgan fingerprint density at radius 2 is 1.91 bits per heavy atom. The highest BCUT2D eigenvalue weighted by Gasteiger charge is 2.18. The molecule has 0 aliphatic carbocycles. The molecule has 0 fully saturated rings. The van der Waals surface area contributed by atoms with Crippen molar-refractivity contribution in [2.75, 3.05) is 14.2 Å². The van der Waals surface area contributed by atoms with Crippen molar-refractivity contribution in [1.29, 1.82) is 5.26 Å². The molecule has 0 saturated heterocycles. The fraction of sp³-hybridized carbons (Fsp3) is 0.167. The molecule has 0 unspecified atom stereocenters. The van der Waals surface area contributed by atoms with E-state index in [2.05, 4.69) is 4.98 Å². The second-order valence-electron chi connectivity index (χ2n) is 4.70. The number of nitriles is 1. The van der Waals surface area contributed by atoms with Crippen LogP contribution in [0.4, 0.5) is 0 Å². The number of hydrogen-bond donors (Lipinski definition) is 0. The summed E-state index contributed by atoms with van der Waals surface area (Å²) in [6.07, 6.45) is 4.56. The molecule has 1 heterocycles. The van der Waals surface area contributed by atoms with Gasteiger partial charge in [-0.3, -0.25) is 9.78 Å². The maximum Gasteiger partial charge on any atom is 0.178 e. The van der Waals surface area contributed by atoms with Gasteiger partial charge in [-0.05, 0) is 35.9 Å². The van der Waals surface area contributed by atoms with Gasteiger partial charge in [-0.25, -0.2) is 0 Å². The first-order chi connectivity index (χ1) is 11.2.